The largest absolute Gasteiger partial charge is 0.422 e. The van der Waals surface area contributed by atoms with E-state index in [2.05, 4.69) is 20.4 Å². The number of nitrogens with zero attached hydrogens (tertiary/aromatic N) is 7. The van der Waals surface area contributed by atoms with Crippen molar-refractivity contribution < 1.29 is 19.1 Å². The van der Waals surface area contributed by atoms with Gasteiger partial charge in [0, 0.05) is 44.6 Å². The molecule has 4 aromatic rings. The molecule has 2 N–H and O–H groups in total. The Morgan fingerprint density at radius 3 is 2.88 bits per heavy atom. The van der Waals surface area contributed by atoms with Crippen LogP contribution in [0.5, 0.6) is 0 Å². The van der Waals surface area contributed by atoms with E-state index in [9.17, 15) is 9.90 Å². The van der Waals surface area contributed by atoms with Gasteiger partial charge in [-0.1, -0.05) is 0 Å². The highest BCUT2D eigenvalue weighted by Crippen LogP contribution is 2.33. The van der Waals surface area contributed by atoms with Crippen LogP contribution in [0.1, 0.15) is 16.8 Å². The van der Waals surface area contributed by atoms with Crippen molar-refractivity contribution in [3.63, 3.8) is 0 Å². The molecule has 33 heavy (non-hydrogen) atoms. The van der Waals surface area contributed by atoms with Gasteiger partial charge >= 0.3 is 0 Å². The molecule has 0 spiro atoms. The minimum Gasteiger partial charge on any atom is -0.422 e. The lowest BCUT2D eigenvalue weighted by Crippen LogP contribution is -2.36. The lowest BCUT2D eigenvalue weighted by Gasteiger charge is -2.24. The van der Waals surface area contributed by atoms with Crippen LogP contribution in [0.2, 0.25) is 0 Å². The molecule has 0 aromatic carbocycles. The molecule has 6 rings (SSSR count). The number of carbonyl (C=O) groups is 1. The molecular formula is C21H22N8O4. The third-order valence-corrected chi connectivity index (χ3v) is 5.87. The molecule has 170 valence electrons. The highest BCUT2D eigenvalue weighted by molar-refractivity contribution is 6.09. The van der Waals surface area contributed by atoms with Crippen LogP contribution in [0.25, 0.3) is 16.9 Å². The predicted octanol–water partition coefficient (Wildman–Crippen LogP) is 0.925. The quantitative estimate of drug-likeness (QED) is 0.462. The maximum Gasteiger partial charge on any atom is 0.300 e. The van der Waals surface area contributed by atoms with Crippen molar-refractivity contribution in [1.29, 1.82) is 0 Å². The number of amides is 1. The van der Waals surface area contributed by atoms with Crippen LogP contribution in [0.3, 0.4) is 0 Å². The van der Waals surface area contributed by atoms with E-state index in [4.69, 9.17) is 14.1 Å². The van der Waals surface area contributed by atoms with Gasteiger partial charge in [0.15, 0.2) is 17.0 Å². The van der Waals surface area contributed by atoms with Gasteiger partial charge in [-0.25, -0.2) is 14.5 Å². The summed E-state index contributed by atoms with van der Waals surface area (Å²) in [6.45, 7) is 3.63. The second-order valence-electron chi connectivity index (χ2n) is 8.07. The summed E-state index contributed by atoms with van der Waals surface area (Å²) in [5.74, 6) is 0.178. The van der Waals surface area contributed by atoms with E-state index in [1.807, 2.05) is 9.80 Å². The number of morpholine rings is 1. The number of oxazole rings is 1. The van der Waals surface area contributed by atoms with Gasteiger partial charge in [-0.05, 0) is 12.5 Å². The van der Waals surface area contributed by atoms with Crippen LogP contribution in [0.4, 0.5) is 17.5 Å². The Morgan fingerprint density at radius 1 is 1.18 bits per heavy atom. The number of aliphatic hydroxyl groups excluding tert-OH is 1. The first-order chi connectivity index (χ1) is 16.2. The number of hydrogen-bond donors (Lipinski definition) is 2. The van der Waals surface area contributed by atoms with Crippen molar-refractivity contribution >= 4 is 40.3 Å². The number of nitrogens with one attached hydrogen (secondary N) is 1. The number of fused-ring (bicyclic) bond motifs is 2. The highest BCUT2D eigenvalue weighted by Gasteiger charge is 2.27. The molecule has 12 heteroatoms. The molecule has 0 bridgehead atoms. The minimum atomic E-state index is -0.448. The van der Waals surface area contributed by atoms with E-state index in [1.165, 1.54) is 6.20 Å². The molecule has 2 saturated heterocycles. The molecule has 6 heterocycles. The van der Waals surface area contributed by atoms with Crippen molar-refractivity contribution in [3.05, 3.63) is 36.3 Å². The van der Waals surface area contributed by atoms with E-state index >= 15 is 0 Å². The summed E-state index contributed by atoms with van der Waals surface area (Å²) in [6, 6.07) is 3.95. The van der Waals surface area contributed by atoms with Gasteiger partial charge in [0.25, 0.3) is 11.9 Å². The number of carbonyl (C=O) groups excluding carboxylic acids is 1. The monoisotopic (exact) mass is 450 g/mol. The molecular weight excluding hydrogens is 428 g/mol. The average molecular weight is 450 g/mol. The summed E-state index contributed by atoms with van der Waals surface area (Å²) >= 11 is 0. The van der Waals surface area contributed by atoms with Gasteiger partial charge in [-0.15, -0.1) is 0 Å². The van der Waals surface area contributed by atoms with Crippen LogP contribution in [-0.2, 0) is 4.74 Å². The molecule has 2 aliphatic rings. The van der Waals surface area contributed by atoms with Crippen LogP contribution >= 0.6 is 0 Å². The van der Waals surface area contributed by atoms with E-state index in [0.29, 0.717) is 85.8 Å². The number of aliphatic hydroxyl groups is 1. The van der Waals surface area contributed by atoms with Gasteiger partial charge < -0.3 is 29.4 Å². The number of anilines is 3. The SMILES string of the molecule is O=C(Nc1cc2oc(N3CCOCC3)nc2nc1N1CCC(O)C1)c1cnn2cccnc12. The summed E-state index contributed by atoms with van der Waals surface area (Å²) in [5, 5.41) is 17.2. The Morgan fingerprint density at radius 2 is 2.06 bits per heavy atom. The zero-order chi connectivity index (χ0) is 22.4. The number of pyridine rings is 1. The first kappa shape index (κ1) is 19.9. The Hall–Kier alpha value is -3.77. The third kappa shape index (κ3) is 3.62. The molecule has 12 nitrogen and oxygen atoms in total. The zero-order valence-electron chi connectivity index (χ0n) is 17.7. The number of ether oxygens (including phenoxy) is 1. The summed E-state index contributed by atoms with van der Waals surface area (Å²) in [7, 11) is 0. The Bertz CT molecular complexity index is 1330. The fourth-order valence-electron chi connectivity index (χ4n) is 4.18. The minimum absolute atomic E-state index is 0.342. The molecule has 2 fully saturated rings. The first-order valence-corrected chi connectivity index (χ1v) is 10.8. The topological polar surface area (TPSA) is 134 Å². The van der Waals surface area contributed by atoms with Crippen molar-refractivity contribution in [2.45, 2.75) is 12.5 Å². The van der Waals surface area contributed by atoms with E-state index in [1.54, 1.807) is 29.0 Å². The van der Waals surface area contributed by atoms with Crippen LogP contribution in [-0.4, -0.2) is 81.1 Å². The van der Waals surface area contributed by atoms with Crippen molar-refractivity contribution in [1.82, 2.24) is 24.6 Å². The van der Waals surface area contributed by atoms with Crippen LogP contribution in [0.15, 0.2) is 35.1 Å². The number of rotatable bonds is 4. The Labute approximate surface area is 187 Å². The van der Waals surface area contributed by atoms with Crippen LogP contribution in [0, 0.1) is 0 Å². The summed E-state index contributed by atoms with van der Waals surface area (Å²) in [6.07, 6.45) is 5.00. The maximum atomic E-state index is 13.1. The summed E-state index contributed by atoms with van der Waals surface area (Å²) < 4.78 is 12.9. The van der Waals surface area contributed by atoms with Crippen LogP contribution < -0.4 is 15.1 Å². The first-order valence-electron chi connectivity index (χ1n) is 10.8. The molecule has 0 saturated carbocycles. The standard InChI is InChI=1S/C21H22N8O4/c30-13-2-5-28(12-13)19-15(24-20(31)14-11-23-29-4-1-3-22-18(14)29)10-16-17(25-19)26-21(33-16)27-6-8-32-9-7-27/h1,3-4,10-11,13,30H,2,5-9,12H2,(H,24,31). The molecule has 4 aromatic heterocycles. The molecule has 0 aliphatic carbocycles. The van der Waals surface area contributed by atoms with Gasteiger partial charge in [0.1, 0.15) is 5.56 Å². The Balaban J connectivity index is 1.38. The van der Waals surface area contributed by atoms with Gasteiger partial charge in [-0.3, -0.25) is 4.79 Å². The summed E-state index contributed by atoms with van der Waals surface area (Å²) in [5.41, 5.74) is 2.18. The normalized spacial score (nSPS) is 19.0. The second kappa shape index (κ2) is 7.98. The molecule has 2 aliphatic heterocycles. The number of aromatic nitrogens is 5. The van der Waals surface area contributed by atoms with E-state index in [0.717, 1.165) is 0 Å². The van der Waals surface area contributed by atoms with Gasteiger partial charge in [0.2, 0.25) is 5.65 Å². The van der Waals surface area contributed by atoms with Crippen molar-refractivity contribution in [3.8, 4) is 0 Å². The molecule has 1 atom stereocenters. The number of β-amino-alcohol motifs (C(OH)–C–C–N with tert-alkyl or cyclic N) is 1. The number of hydrogen-bond acceptors (Lipinski definition) is 10. The molecule has 1 unspecified atom stereocenters. The third-order valence-electron chi connectivity index (χ3n) is 5.87. The smallest absolute Gasteiger partial charge is 0.300 e. The predicted molar refractivity (Wildman–Crippen MR) is 119 cm³/mol. The molecule has 0 radical (unpaired) electrons. The summed E-state index contributed by atoms with van der Waals surface area (Å²) in [4.78, 5) is 30.6. The second-order valence-corrected chi connectivity index (χ2v) is 8.07. The van der Waals surface area contributed by atoms with E-state index in [-0.39, 0.29) is 5.91 Å². The Kier molecular flexibility index (Phi) is 4.80. The highest BCUT2D eigenvalue weighted by atomic mass is 16.5. The van der Waals surface area contributed by atoms with E-state index < -0.39 is 6.10 Å². The molecule has 1 amide bonds. The van der Waals surface area contributed by atoms with Gasteiger partial charge in [0.05, 0.1) is 31.2 Å². The lowest BCUT2D eigenvalue weighted by molar-refractivity contribution is 0.102. The van der Waals surface area contributed by atoms with Crippen molar-refractivity contribution in [2.75, 3.05) is 54.5 Å². The van der Waals surface area contributed by atoms with Crippen molar-refractivity contribution in [2.24, 2.45) is 0 Å². The van der Waals surface area contributed by atoms with Gasteiger partial charge in [-0.2, -0.15) is 10.1 Å². The fraction of sp³-hybridized carbons (Fsp3) is 0.381. The zero-order valence-corrected chi connectivity index (χ0v) is 17.7. The fourth-order valence-corrected chi connectivity index (χ4v) is 4.18. The lowest BCUT2D eigenvalue weighted by atomic mass is 10.2. The average Bonchev–Trinajstić information content (AvgIpc) is 3.56. The maximum absolute atomic E-state index is 13.1.